The summed E-state index contributed by atoms with van der Waals surface area (Å²) in [6, 6.07) is 15.0. The summed E-state index contributed by atoms with van der Waals surface area (Å²) in [6.45, 7) is 9.02. The SMILES string of the molecule is CC.CCc1c(CNc2ccc(C(=N)N)cc2)cnc(C)c1OCc1cccc(C(=N)N)c1. The van der Waals surface area contributed by atoms with E-state index >= 15 is 0 Å². The summed E-state index contributed by atoms with van der Waals surface area (Å²) in [5.41, 5.74) is 17.4. The smallest absolute Gasteiger partial charge is 0.144 e. The number of benzene rings is 2. The Morgan fingerprint density at radius 2 is 1.67 bits per heavy atom. The number of nitrogen functional groups attached to an aromatic ring is 2. The van der Waals surface area contributed by atoms with Crippen molar-refractivity contribution in [2.24, 2.45) is 11.5 Å². The molecule has 3 rings (SSSR count). The zero-order chi connectivity index (χ0) is 24.4. The van der Waals surface area contributed by atoms with Crippen LogP contribution in [0.1, 0.15) is 54.3 Å². The van der Waals surface area contributed by atoms with E-state index < -0.39 is 0 Å². The van der Waals surface area contributed by atoms with Crippen LogP contribution in [-0.4, -0.2) is 16.7 Å². The molecule has 0 saturated heterocycles. The van der Waals surface area contributed by atoms with Gasteiger partial charge in [-0.25, -0.2) is 0 Å². The number of anilines is 1. The van der Waals surface area contributed by atoms with Gasteiger partial charge >= 0.3 is 0 Å². The lowest BCUT2D eigenvalue weighted by molar-refractivity contribution is 0.299. The Bertz CT molecular complexity index is 1090. The van der Waals surface area contributed by atoms with Gasteiger partial charge in [0.15, 0.2) is 0 Å². The number of amidine groups is 2. The van der Waals surface area contributed by atoms with Crippen LogP contribution in [0.2, 0.25) is 0 Å². The van der Waals surface area contributed by atoms with E-state index in [2.05, 4.69) is 17.2 Å². The van der Waals surface area contributed by atoms with Crippen molar-refractivity contribution in [1.29, 1.82) is 10.8 Å². The average Bonchev–Trinajstić information content (AvgIpc) is 2.83. The van der Waals surface area contributed by atoms with E-state index in [1.165, 1.54) is 0 Å². The summed E-state index contributed by atoms with van der Waals surface area (Å²) in [7, 11) is 0. The van der Waals surface area contributed by atoms with Gasteiger partial charge < -0.3 is 21.5 Å². The van der Waals surface area contributed by atoms with E-state index in [0.717, 1.165) is 40.2 Å². The number of nitrogens with one attached hydrogen (secondary N) is 3. The molecule has 33 heavy (non-hydrogen) atoms. The third-order valence-corrected chi connectivity index (χ3v) is 5.06. The summed E-state index contributed by atoms with van der Waals surface area (Å²) >= 11 is 0. The number of aromatic nitrogens is 1. The van der Waals surface area contributed by atoms with E-state index in [-0.39, 0.29) is 11.7 Å². The van der Waals surface area contributed by atoms with E-state index in [9.17, 15) is 0 Å². The summed E-state index contributed by atoms with van der Waals surface area (Å²) in [5.74, 6) is 0.887. The fourth-order valence-corrected chi connectivity index (χ4v) is 3.36. The molecule has 0 unspecified atom stereocenters. The molecule has 0 saturated carbocycles. The van der Waals surface area contributed by atoms with Crippen LogP contribution in [-0.2, 0) is 19.6 Å². The van der Waals surface area contributed by atoms with Crippen molar-refractivity contribution in [1.82, 2.24) is 4.98 Å². The molecule has 0 radical (unpaired) electrons. The number of nitrogens with two attached hydrogens (primary N) is 2. The Morgan fingerprint density at radius 3 is 2.27 bits per heavy atom. The molecular formula is C26H34N6O. The van der Waals surface area contributed by atoms with Crippen LogP contribution in [0.25, 0.3) is 0 Å². The first kappa shape index (κ1) is 25.4. The van der Waals surface area contributed by atoms with Gasteiger partial charge in [-0.2, -0.15) is 0 Å². The number of hydrogen-bond donors (Lipinski definition) is 5. The standard InChI is InChI=1S/C24H28N6O.C2H6/c1-3-21-19(13-30-20-9-7-17(8-10-20)23(25)26)12-29-15(2)22(21)31-14-16-5-4-6-18(11-16)24(27)28;1-2/h4-12,30H,3,13-14H2,1-2H3,(H3,25,26)(H3,27,28);1-2H3. The third-order valence-electron chi connectivity index (χ3n) is 5.06. The summed E-state index contributed by atoms with van der Waals surface area (Å²) in [4.78, 5) is 4.53. The second-order valence-corrected chi connectivity index (χ2v) is 7.28. The van der Waals surface area contributed by atoms with Crippen LogP contribution in [0, 0.1) is 17.7 Å². The van der Waals surface area contributed by atoms with Gasteiger partial charge in [-0.15, -0.1) is 0 Å². The van der Waals surface area contributed by atoms with Gasteiger partial charge in [0.1, 0.15) is 24.0 Å². The summed E-state index contributed by atoms with van der Waals surface area (Å²) < 4.78 is 6.18. The number of pyridine rings is 1. The molecule has 0 fully saturated rings. The molecule has 7 nitrogen and oxygen atoms in total. The number of aryl methyl sites for hydroxylation is 1. The second kappa shape index (κ2) is 12.2. The first-order valence-electron chi connectivity index (χ1n) is 11.1. The fraction of sp³-hybridized carbons (Fsp3) is 0.269. The first-order chi connectivity index (χ1) is 15.9. The second-order valence-electron chi connectivity index (χ2n) is 7.28. The Balaban J connectivity index is 0.00000187. The monoisotopic (exact) mass is 446 g/mol. The van der Waals surface area contributed by atoms with Crippen molar-refractivity contribution < 1.29 is 4.74 Å². The average molecular weight is 447 g/mol. The third kappa shape index (κ3) is 6.80. The largest absolute Gasteiger partial charge is 0.487 e. The minimum atomic E-state index is 0.0401. The van der Waals surface area contributed by atoms with Crippen molar-refractivity contribution >= 4 is 17.4 Å². The van der Waals surface area contributed by atoms with Crippen LogP contribution in [0.3, 0.4) is 0 Å². The van der Waals surface area contributed by atoms with Gasteiger partial charge in [-0.05, 0) is 54.8 Å². The van der Waals surface area contributed by atoms with Gasteiger partial charge in [0.05, 0.1) is 5.69 Å². The maximum atomic E-state index is 7.61. The Hall–Kier alpha value is -3.87. The number of ether oxygens (including phenoxy) is 1. The van der Waals surface area contributed by atoms with Gasteiger partial charge in [0.25, 0.3) is 0 Å². The van der Waals surface area contributed by atoms with Crippen molar-refractivity contribution in [3.63, 3.8) is 0 Å². The lowest BCUT2D eigenvalue weighted by Gasteiger charge is -2.17. The predicted octanol–water partition coefficient (Wildman–Crippen LogP) is 4.74. The van der Waals surface area contributed by atoms with Gasteiger partial charge in [0, 0.05) is 35.1 Å². The number of nitrogens with zero attached hydrogens (tertiary/aromatic N) is 1. The zero-order valence-corrected chi connectivity index (χ0v) is 19.8. The topological polar surface area (TPSA) is 134 Å². The minimum absolute atomic E-state index is 0.0401. The molecule has 0 aliphatic heterocycles. The molecule has 0 atom stereocenters. The highest BCUT2D eigenvalue weighted by molar-refractivity contribution is 5.95. The molecule has 1 aromatic heterocycles. The van der Waals surface area contributed by atoms with Crippen LogP contribution in [0.15, 0.2) is 54.7 Å². The van der Waals surface area contributed by atoms with Crippen molar-refractivity contribution in [3.05, 3.63) is 88.2 Å². The molecule has 7 heteroatoms. The molecule has 0 amide bonds. The maximum absolute atomic E-state index is 7.61. The van der Waals surface area contributed by atoms with Crippen LogP contribution in [0.5, 0.6) is 5.75 Å². The van der Waals surface area contributed by atoms with Gasteiger partial charge in [0.2, 0.25) is 0 Å². The molecule has 174 valence electrons. The highest BCUT2D eigenvalue weighted by Crippen LogP contribution is 2.27. The lowest BCUT2D eigenvalue weighted by atomic mass is 10.0. The van der Waals surface area contributed by atoms with Crippen LogP contribution in [0.4, 0.5) is 5.69 Å². The van der Waals surface area contributed by atoms with E-state index in [4.69, 9.17) is 27.0 Å². The first-order valence-corrected chi connectivity index (χ1v) is 11.1. The molecule has 1 heterocycles. The van der Waals surface area contributed by atoms with E-state index in [1.807, 2.05) is 75.5 Å². The molecule has 7 N–H and O–H groups in total. The molecular weight excluding hydrogens is 412 g/mol. The van der Waals surface area contributed by atoms with Crippen LogP contribution < -0.4 is 21.5 Å². The number of rotatable bonds is 9. The van der Waals surface area contributed by atoms with E-state index in [0.29, 0.717) is 24.3 Å². The highest BCUT2D eigenvalue weighted by Gasteiger charge is 2.13. The van der Waals surface area contributed by atoms with Gasteiger partial charge in [-0.1, -0.05) is 39.0 Å². The Morgan fingerprint density at radius 1 is 1.00 bits per heavy atom. The Kier molecular flexibility index (Phi) is 9.42. The summed E-state index contributed by atoms with van der Waals surface area (Å²) in [5, 5.41) is 18.5. The van der Waals surface area contributed by atoms with E-state index in [1.54, 1.807) is 0 Å². The molecule has 0 aliphatic carbocycles. The molecule has 0 aliphatic rings. The summed E-state index contributed by atoms with van der Waals surface area (Å²) in [6.07, 6.45) is 2.70. The quantitative estimate of drug-likeness (QED) is 0.239. The molecule has 0 bridgehead atoms. The maximum Gasteiger partial charge on any atom is 0.144 e. The van der Waals surface area contributed by atoms with Crippen LogP contribution >= 0.6 is 0 Å². The fourth-order valence-electron chi connectivity index (χ4n) is 3.36. The van der Waals surface area contributed by atoms with Crippen molar-refractivity contribution in [3.8, 4) is 5.75 Å². The predicted molar refractivity (Wildman–Crippen MR) is 136 cm³/mol. The highest BCUT2D eigenvalue weighted by atomic mass is 16.5. The number of hydrogen-bond acceptors (Lipinski definition) is 5. The lowest BCUT2D eigenvalue weighted by Crippen LogP contribution is -2.12. The normalized spacial score (nSPS) is 10.1. The molecule has 2 aromatic carbocycles. The minimum Gasteiger partial charge on any atom is -0.487 e. The molecule has 3 aromatic rings. The van der Waals surface area contributed by atoms with Gasteiger partial charge in [-0.3, -0.25) is 15.8 Å². The molecule has 0 spiro atoms. The van der Waals surface area contributed by atoms with Crippen molar-refractivity contribution in [2.45, 2.75) is 47.3 Å². The Labute approximate surface area is 196 Å². The van der Waals surface area contributed by atoms with Crippen molar-refractivity contribution in [2.75, 3.05) is 5.32 Å². The zero-order valence-electron chi connectivity index (χ0n) is 19.8.